The monoisotopic (exact) mass is 284 g/mol. The van der Waals surface area contributed by atoms with Crippen LogP contribution in [0.25, 0.3) is 0 Å². The summed E-state index contributed by atoms with van der Waals surface area (Å²) in [7, 11) is -1.44. The zero-order valence-corrected chi connectivity index (χ0v) is 12.1. The summed E-state index contributed by atoms with van der Waals surface area (Å²) in [5, 5.41) is 8.99. The first-order chi connectivity index (χ1) is 8.95. The van der Waals surface area contributed by atoms with Crippen LogP contribution in [0.4, 0.5) is 0 Å². The van der Waals surface area contributed by atoms with Crippen LogP contribution in [-0.2, 0) is 16.6 Å². The molecule has 0 saturated carbocycles. The Morgan fingerprint density at radius 3 is 2.42 bits per heavy atom. The number of aliphatic hydroxyl groups is 1. The second kappa shape index (κ2) is 5.58. The Balaban J connectivity index is 2.26. The van der Waals surface area contributed by atoms with E-state index in [0.717, 1.165) is 13.1 Å². The summed E-state index contributed by atoms with van der Waals surface area (Å²) in [5.74, 6) is 0. The van der Waals surface area contributed by atoms with E-state index in [2.05, 4.69) is 4.90 Å². The normalized spacial score (nSPS) is 22.6. The average Bonchev–Trinajstić information content (AvgIpc) is 2.38. The molecule has 1 N–H and O–H groups in total. The van der Waals surface area contributed by atoms with Crippen molar-refractivity contribution in [3.8, 4) is 0 Å². The fourth-order valence-electron chi connectivity index (χ4n) is 2.38. The topological polar surface area (TPSA) is 60.9 Å². The van der Waals surface area contributed by atoms with Crippen molar-refractivity contribution in [2.24, 2.45) is 0 Å². The van der Waals surface area contributed by atoms with Crippen molar-refractivity contribution >= 4 is 10.0 Å². The van der Waals surface area contributed by atoms with Crippen molar-refractivity contribution in [3.63, 3.8) is 0 Å². The molecule has 0 aromatic heterocycles. The van der Waals surface area contributed by atoms with Gasteiger partial charge in [0.25, 0.3) is 0 Å². The Hall–Kier alpha value is -0.950. The number of rotatable bonds is 3. The number of hydrogen-bond donors (Lipinski definition) is 1. The summed E-state index contributed by atoms with van der Waals surface area (Å²) in [5.41, 5.74) is 0.713. The standard InChI is InChI=1S/C13H20N2O3S/c1-11-9-14(2)7-8-15(11)19(17,18)13-5-3-12(10-16)4-6-13/h3-6,11,16H,7-10H2,1-2H3. The molecule has 1 aromatic rings. The van der Waals surface area contributed by atoms with Gasteiger partial charge in [0, 0.05) is 25.7 Å². The van der Waals surface area contributed by atoms with Crippen LogP contribution < -0.4 is 0 Å². The van der Waals surface area contributed by atoms with Gasteiger partial charge in [0.05, 0.1) is 11.5 Å². The molecule has 1 aliphatic rings. The first-order valence-electron chi connectivity index (χ1n) is 6.35. The van der Waals surface area contributed by atoms with Gasteiger partial charge in [0.15, 0.2) is 0 Å². The zero-order valence-electron chi connectivity index (χ0n) is 11.3. The third-order valence-electron chi connectivity index (χ3n) is 3.48. The largest absolute Gasteiger partial charge is 0.392 e. The summed E-state index contributed by atoms with van der Waals surface area (Å²) in [4.78, 5) is 2.42. The predicted octanol–water partition coefficient (Wildman–Crippen LogP) is 0.503. The second-order valence-electron chi connectivity index (χ2n) is 5.03. The number of likely N-dealkylation sites (N-methyl/N-ethyl adjacent to an activating group) is 1. The molecule has 0 aliphatic carbocycles. The van der Waals surface area contributed by atoms with E-state index in [9.17, 15) is 8.42 Å². The lowest BCUT2D eigenvalue weighted by atomic mass is 10.2. The number of piperazine rings is 1. The maximum absolute atomic E-state index is 12.5. The van der Waals surface area contributed by atoms with E-state index >= 15 is 0 Å². The summed E-state index contributed by atoms with van der Waals surface area (Å²) >= 11 is 0. The van der Waals surface area contributed by atoms with E-state index in [1.54, 1.807) is 28.6 Å². The van der Waals surface area contributed by atoms with Gasteiger partial charge in [-0.1, -0.05) is 12.1 Å². The van der Waals surface area contributed by atoms with E-state index in [1.165, 1.54) is 0 Å². The van der Waals surface area contributed by atoms with Gasteiger partial charge in [0.1, 0.15) is 0 Å². The molecule has 1 aromatic carbocycles. The minimum Gasteiger partial charge on any atom is -0.392 e. The summed E-state index contributed by atoms with van der Waals surface area (Å²) in [6.45, 7) is 3.86. The van der Waals surface area contributed by atoms with Crippen LogP contribution in [0.1, 0.15) is 12.5 Å². The van der Waals surface area contributed by atoms with Gasteiger partial charge in [-0.2, -0.15) is 4.31 Å². The highest BCUT2D eigenvalue weighted by molar-refractivity contribution is 7.89. The average molecular weight is 284 g/mol. The summed E-state index contributed by atoms with van der Waals surface area (Å²) in [6.07, 6.45) is 0. The Labute approximate surface area is 114 Å². The van der Waals surface area contributed by atoms with Crippen molar-refractivity contribution in [1.29, 1.82) is 0 Å². The fourth-order valence-corrected chi connectivity index (χ4v) is 4.00. The Kier molecular flexibility index (Phi) is 4.25. The third kappa shape index (κ3) is 2.97. The van der Waals surface area contributed by atoms with Crippen LogP contribution >= 0.6 is 0 Å². The lowest BCUT2D eigenvalue weighted by Crippen LogP contribution is -2.52. The molecule has 5 nitrogen and oxygen atoms in total. The maximum Gasteiger partial charge on any atom is 0.243 e. The first kappa shape index (κ1) is 14.5. The lowest BCUT2D eigenvalue weighted by molar-refractivity contribution is 0.170. The van der Waals surface area contributed by atoms with Crippen LogP contribution in [0.5, 0.6) is 0 Å². The fraction of sp³-hybridized carbons (Fsp3) is 0.538. The molecule has 19 heavy (non-hydrogen) atoms. The highest BCUT2D eigenvalue weighted by Crippen LogP contribution is 2.21. The molecule has 1 aliphatic heterocycles. The van der Waals surface area contributed by atoms with E-state index < -0.39 is 10.0 Å². The molecular weight excluding hydrogens is 264 g/mol. The van der Waals surface area contributed by atoms with Gasteiger partial charge in [-0.25, -0.2) is 8.42 Å². The molecule has 6 heteroatoms. The molecule has 1 saturated heterocycles. The Bertz CT molecular complexity index is 527. The van der Waals surface area contributed by atoms with Crippen LogP contribution in [0.15, 0.2) is 29.2 Å². The molecule has 1 atom stereocenters. The Morgan fingerprint density at radius 2 is 1.89 bits per heavy atom. The molecule has 106 valence electrons. The molecule has 1 fully saturated rings. The SMILES string of the molecule is CC1CN(C)CCN1S(=O)(=O)c1ccc(CO)cc1. The van der Waals surface area contributed by atoms with Crippen molar-refractivity contribution in [2.45, 2.75) is 24.5 Å². The molecule has 2 rings (SSSR count). The summed E-state index contributed by atoms with van der Waals surface area (Å²) in [6, 6.07) is 6.39. The highest BCUT2D eigenvalue weighted by Gasteiger charge is 2.32. The van der Waals surface area contributed by atoms with Gasteiger partial charge in [-0.3, -0.25) is 0 Å². The minimum absolute atomic E-state index is 0.0266. The maximum atomic E-state index is 12.5. The third-order valence-corrected chi connectivity index (χ3v) is 5.51. The highest BCUT2D eigenvalue weighted by atomic mass is 32.2. The molecule has 1 unspecified atom stereocenters. The molecule has 0 amide bonds. The summed E-state index contributed by atoms with van der Waals surface area (Å²) < 4.78 is 26.7. The van der Waals surface area contributed by atoms with E-state index in [0.29, 0.717) is 17.0 Å². The molecule has 0 radical (unpaired) electrons. The van der Waals surface area contributed by atoms with Crippen LogP contribution in [0.2, 0.25) is 0 Å². The van der Waals surface area contributed by atoms with Crippen molar-refractivity contribution < 1.29 is 13.5 Å². The molecule has 0 spiro atoms. The van der Waals surface area contributed by atoms with Gasteiger partial charge >= 0.3 is 0 Å². The predicted molar refractivity (Wildman–Crippen MR) is 73.2 cm³/mol. The minimum atomic E-state index is -3.43. The van der Waals surface area contributed by atoms with Gasteiger partial charge in [-0.15, -0.1) is 0 Å². The molecule has 1 heterocycles. The van der Waals surface area contributed by atoms with Crippen LogP contribution in [0.3, 0.4) is 0 Å². The van der Waals surface area contributed by atoms with Crippen LogP contribution in [-0.4, -0.2) is 55.5 Å². The van der Waals surface area contributed by atoms with Gasteiger partial charge in [-0.05, 0) is 31.7 Å². The van der Waals surface area contributed by atoms with Crippen molar-refractivity contribution in [1.82, 2.24) is 9.21 Å². The molecule has 0 bridgehead atoms. The van der Waals surface area contributed by atoms with Crippen LogP contribution in [0, 0.1) is 0 Å². The van der Waals surface area contributed by atoms with Crippen molar-refractivity contribution in [3.05, 3.63) is 29.8 Å². The van der Waals surface area contributed by atoms with E-state index in [4.69, 9.17) is 5.11 Å². The number of aliphatic hydroxyl groups excluding tert-OH is 1. The number of nitrogens with zero attached hydrogens (tertiary/aromatic N) is 2. The van der Waals surface area contributed by atoms with Gasteiger partial charge in [0.2, 0.25) is 10.0 Å². The second-order valence-corrected chi connectivity index (χ2v) is 6.92. The zero-order chi connectivity index (χ0) is 14.0. The van der Waals surface area contributed by atoms with E-state index in [-0.39, 0.29) is 12.6 Å². The Morgan fingerprint density at radius 1 is 1.26 bits per heavy atom. The van der Waals surface area contributed by atoms with Gasteiger partial charge < -0.3 is 10.0 Å². The first-order valence-corrected chi connectivity index (χ1v) is 7.79. The lowest BCUT2D eigenvalue weighted by Gasteiger charge is -2.37. The quantitative estimate of drug-likeness (QED) is 0.878. The van der Waals surface area contributed by atoms with E-state index in [1.807, 2.05) is 14.0 Å². The number of benzene rings is 1. The number of hydrogen-bond acceptors (Lipinski definition) is 4. The molecular formula is C13H20N2O3S. The smallest absolute Gasteiger partial charge is 0.243 e. The number of sulfonamides is 1. The van der Waals surface area contributed by atoms with Crippen molar-refractivity contribution in [2.75, 3.05) is 26.7 Å².